The summed E-state index contributed by atoms with van der Waals surface area (Å²) in [4.78, 5) is 2.51. The Morgan fingerprint density at radius 2 is 1.95 bits per heavy atom. The lowest BCUT2D eigenvalue weighted by Gasteiger charge is -2.27. The van der Waals surface area contributed by atoms with E-state index in [1.807, 2.05) is 0 Å². The molecule has 1 aliphatic rings. The Balaban J connectivity index is 1.83. The molecule has 2 rings (SSSR count). The summed E-state index contributed by atoms with van der Waals surface area (Å²) in [6.45, 7) is 7.98. The Morgan fingerprint density at radius 3 is 2.65 bits per heavy atom. The van der Waals surface area contributed by atoms with E-state index in [1.54, 1.807) is 0 Å². The van der Waals surface area contributed by atoms with Crippen molar-refractivity contribution in [2.45, 2.75) is 52.0 Å². The van der Waals surface area contributed by atoms with Gasteiger partial charge in [0.05, 0.1) is 0 Å². The van der Waals surface area contributed by atoms with Crippen LogP contribution in [0.2, 0.25) is 0 Å². The first-order valence-corrected chi connectivity index (χ1v) is 8.38. The molecule has 20 heavy (non-hydrogen) atoms. The zero-order valence-electron chi connectivity index (χ0n) is 13.1. The summed E-state index contributed by atoms with van der Waals surface area (Å²) < 4.78 is 0. The van der Waals surface area contributed by atoms with Crippen LogP contribution in [0.5, 0.6) is 0 Å². The van der Waals surface area contributed by atoms with E-state index in [0.717, 1.165) is 18.5 Å². The van der Waals surface area contributed by atoms with E-state index in [4.69, 9.17) is 0 Å². The van der Waals surface area contributed by atoms with Gasteiger partial charge in [-0.2, -0.15) is 0 Å². The molecule has 1 aromatic carbocycles. The van der Waals surface area contributed by atoms with Crippen LogP contribution in [-0.4, -0.2) is 25.7 Å². The van der Waals surface area contributed by atoms with E-state index in [9.17, 15) is 0 Å². The predicted octanol–water partition coefficient (Wildman–Crippen LogP) is 4.07. The molecule has 0 amide bonds. The quantitative estimate of drug-likeness (QED) is 0.768. The molecule has 1 fully saturated rings. The van der Waals surface area contributed by atoms with Crippen LogP contribution in [0.4, 0.5) is 5.69 Å². The zero-order chi connectivity index (χ0) is 14.2. The van der Waals surface area contributed by atoms with Crippen molar-refractivity contribution < 1.29 is 0 Å². The Hall–Kier alpha value is -1.02. The monoisotopic (exact) mass is 274 g/mol. The molecule has 1 N–H and O–H groups in total. The van der Waals surface area contributed by atoms with Gasteiger partial charge in [0, 0.05) is 24.8 Å². The fraction of sp³-hybridized carbons (Fsp3) is 0.667. The molecule has 1 aliphatic carbocycles. The van der Waals surface area contributed by atoms with Crippen molar-refractivity contribution in [2.75, 3.05) is 24.5 Å². The molecule has 0 aromatic heterocycles. The van der Waals surface area contributed by atoms with Gasteiger partial charge in [-0.25, -0.2) is 0 Å². The minimum absolute atomic E-state index is 0.768. The van der Waals surface area contributed by atoms with Gasteiger partial charge in [-0.1, -0.05) is 31.5 Å². The maximum Gasteiger partial charge on any atom is 0.0366 e. The van der Waals surface area contributed by atoms with Gasteiger partial charge in [0.2, 0.25) is 0 Å². The molecule has 0 radical (unpaired) electrons. The number of hydrogen-bond acceptors (Lipinski definition) is 2. The van der Waals surface area contributed by atoms with E-state index >= 15 is 0 Å². The average Bonchev–Trinajstić information content (AvgIpc) is 2.94. The summed E-state index contributed by atoms with van der Waals surface area (Å²) in [7, 11) is 0. The minimum Gasteiger partial charge on any atom is -0.372 e. The second-order valence-electron chi connectivity index (χ2n) is 5.96. The molecule has 0 spiro atoms. The van der Waals surface area contributed by atoms with Gasteiger partial charge in [0.15, 0.2) is 0 Å². The number of anilines is 1. The van der Waals surface area contributed by atoms with Crippen molar-refractivity contribution in [1.82, 2.24) is 5.32 Å². The maximum absolute atomic E-state index is 3.74. The Morgan fingerprint density at radius 1 is 1.15 bits per heavy atom. The zero-order valence-corrected chi connectivity index (χ0v) is 13.1. The summed E-state index contributed by atoms with van der Waals surface area (Å²) in [5, 5.41) is 3.74. The number of para-hydroxylation sites is 1. The fourth-order valence-corrected chi connectivity index (χ4v) is 3.41. The number of nitrogens with one attached hydrogen (secondary N) is 1. The predicted molar refractivity (Wildman–Crippen MR) is 88.4 cm³/mol. The van der Waals surface area contributed by atoms with Crippen molar-refractivity contribution in [1.29, 1.82) is 0 Å². The lowest BCUT2D eigenvalue weighted by molar-refractivity contribution is 0.380. The molecule has 2 atom stereocenters. The number of benzene rings is 1. The molecule has 2 unspecified atom stereocenters. The third-order valence-electron chi connectivity index (χ3n) is 4.59. The largest absolute Gasteiger partial charge is 0.372 e. The van der Waals surface area contributed by atoms with Gasteiger partial charge in [0.1, 0.15) is 0 Å². The number of nitrogens with zero attached hydrogens (tertiary/aromatic N) is 1. The normalized spacial score (nSPS) is 22.1. The second kappa shape index (κ2) is 8.31. The van der Waals surface area contributed by atoms with E-state index < -0.39 is 0 Å². The van der Waals surface area contributed by atoms with Gasteiger partial charge in [-0.05, 0) is 57.2 Å². The molecule has 2 heteroatoms. The van der Waals surface area contributed by atoms with E-state index in [0.29, 0.717) is 0 Å². The summed E-state index contributed by atoms with van der Waals surface area (Å²) in [6, 6.07) is 11.6. The first-order valence-electron chi connectivity index (χ1n) is 8.38. The van der Waals surface area contributed by atoms with Gasteiger partial charge < -0.3 is 10.2 Å². The number of rotatable bonds is 8. The van der Waals surface area contributed by atoms with E-state index in [1.165, 1.54) is 50.9 Å². The SMILES string of the molecule is CCCNC1CCCC1CCN(CC)c1ccccc1. The summed E-state index contributed by atoms with van der Waals surface area (Å²) in [5.74, 6) is 0.874. The van der Waals surface area contributed by atoms with Crippen LogP contribution in [0, 0.1) is 5.92 Å². The molecule has 1 aromatic rings. The van der Waals surface area contributed by atoms with Crippen LogP contribution in [-0.2, 0) is 0 Å². The maximum atomic E-state index is 3.74. The molecule has 0 bridgehead atoms. The average molecular weight is 274 g/mol. The minimum atomic E-state index is 0.768. The molecule has 2 nitrogen and oxygen atoms in total. The third kappa shape index (κ3) is 4.24. The summed E-state index contributed by atoms with van der Waals surface area (Å²) in [5.41, 5.74) is 1.37. The highest BCUT2D eigenvalue weighted by Crippen LogP contribution is 2.29. The highest BCUT2D eigenvalue weighted by Gasteiger charge is 2.26. The highest BCUT2D eigenvalue weighted by molar-refractivity contribution is 5.45. The molecular weight excluding hydrogens is 244 g/mol. The van der Waals surface area contributed by atoms with E-state index in [-0.39, 0.29) is 0 Å². The van der Waals surface area contributed by atoms with Crippen molar-refractivity contribution in [3.05, 3.63) is 30.3 Å². The second-order valence-corrected chi connectivity index (χ2v) is 5.96. The first kappa shape index (κ1) is 15.4. The Labute approximate surface area is 124 Å². The standard InChI is InChI=1S/C18H30N2/c1-3-14-19-18-12-8-9-16(18)13-15-20(4-2)17-10-6-5-7-11-17/h5-7,10-11,16,18-19H,3-4,8-9,12-15H2,1-2H3. The van der Waals surface area contributed by atoms with Crippen molar-refractivity contribution in [3.63, 3.8) is 0 Å². The Kier molecular flexibility index (Phi) is 6.38. The van der Waals surface area contributed by atoms with Crippen LogP contribution in [0.3, 0.4) is 0 Å². The molecule has 0 heterocycles. The van der Waals surface area contributed by atoms with Crippen molar-refractivity contribution >= 4 is 5.69 Å². The van der Waals surface area contributed by atoms with Crippen LogP contribution >= 0.6 is 0 Å². The fourth-order valence-electron chi connectivity index (χ4n) is 3.41. The lowest BCUT2D eigenvalue weighted by Crippen LogP contribution is -2.35. The third-order valence-corrected chi connectivity index (χ3v) is 4.59. The molecule has 0 saturated heterocycles. The smallest absolute Gasteiger partial charge is 0.0366 e. The van der Waals surface area contributed by atoms with Crippen LogP contribution in [0.15, 0.2) is 30.3 Å². The molecular formula is C18H30N2. The highest BCUT2D eigenvalue weighted by atomic mass is 15.1. The van der Waals surface area contributed by atoms with Gasteiger partial charge in [0.25, 0.3) is 0 Å². The summed E-state index contributed by atoms with van der Waals surface area (Å²) >= 11 is 0. The topological polar surface area (TPSA) is 15.3 Å². The molecule has 1 saturated carbocycles. The van der Waals surface area contributed by atoms with E-state index in [2.05, 4.69) is 54.4 Å². The van der Waals surface area contributed by atoms with Crippen LogP contribution in [0.25, 0.3) is 0 Å². The first-order chi connectivity index (χ1) is 9.85. The van der Waals surface area contributed by atoms with Crippen molar-refractivity contribution in [3.8, 4) is 0 Å². The van der Waals surface area contributed by atoms with Crippen LogP contribution in [0.1, 0.15) is 46.0 Å². The molecule has 0 aliphatic heterocycles. The van der Waals surface area contributed by atoms with Crippen molar-refractivity contribution in [2.24, 2.45) is 5.92 Å². The Bertz CT molecular complexity index is 363. The number of hydrogen-bond donors (Lipinski definition) is 1. The van der Waals surface area contributed by atoms with Gasteiger partial charge in [-0.3, -0.25) is 0 Å². The summed E-state index contributed by atoms with van der Waals surface area (Å²) in [6.07, 6.45) is 6.76. The van der Waals surface area contributed by atoms with Gasteiger partial charge in [-0.15, -0.1) is 0 Å². The van der Waals surface area contributed by atoms with Crippen LogP contribution < -0.4 is 10.2 Å². The molecule has 112 valence electrons. The van der Waals surface area contributed by atoms with Gasteiger partial charge >= 0.3 is 0 Å². The lowest BCUT2D eigenvalue weighted by atomic mass is 9.99.